The molecule has 0 unspecified atom stereocenters. The van der Waals surface area contributed by atoms with Crippen LogP contribution in [0.2, 0.25) is 0 Å². The number of amides is 1. The van der Waals surface area contributed by atoms with E-state index < -0.39 is 5.54 Å². The van der Waals surface area contributed by atoms with Crippen LogP contribution in [0.15, 0.2) is 18.2 Å². The van der Waals surface area contributed by atoms with Gasteiger partial charge in [-0.25, -0.2) is 0 Å². The summed E-state index contributed by atoms with van der Waals surface area (Å²) in [4.78, 5) is 14.0. The molecule has 1 saturated carbocycles. The molecule has 1 spiro atoms. The molecule has 0 bridgehead atoms. The molecular weight excluding hydrogens is 204 g/mol. The van der Waals surface area contributed by atoms with E-state index in [4.69, 9.17) is 0 Å². The van der Waals surface area contributed by atoms with Crippen molar-refractivity contribution in [2.24, 2.45) is 0 Å². The molecule has 4 heteroatoms. The first-order valence-corrected chi connectivity index (χ1v) is 5.52. The second kappa shape index (κ2) is 2.90. The van der Waals surface area contributed by atoms with Gasteiger partial charge in [-0.2, -0.15) is 0 Å². The highest BCUT2D eigenvalue weighted by atomic mass is 16.3. The Labute approximate surface area is 93.9 Å². The highest BCUT2D eigenvalue weighted by Crippen LogP contribution is 2.48. The van der Waals surface area contributed by atoms with Gasteiger partial charge in [-0.1, -0.05) is 6.07 Å². The number of nitrogens with one attached hydrogen (secondary N) is 1. The number of hydrogen-bond acceptors (Lipinski definition) is 3. The highest BCUT2D eigenvalue weighted by Gasteiger charge is 2.51. The van der Waals surface area contributed by atoms with Crippen molar-refractivity contribution in [2.75, 3.05) is 17.3 Å². The summed E-state index contributed by atoms with van der Waals surface area (Å²) < 4.78 is 0. The van der Waals surface area contributed by atoms with Crippen LogP contribution < -0.4 is 10.2 Å². The third-order valence-electron chi connectivity index (χ3n) is 3.84. The zero-order valence-electron chi connectivity index (χ0n) is 9.16. The number of likely N-dealkylation sites (N-methyl/N-ethyl adjacent to an activating group) is 1. The van der Waals surface area contributed by atoms with E-state index in [1.54, 1.807) is 12.1 Å². The van der Waals surface area contributed by atoms with Crippen molar-refractivity contribution >= 4 is 17.3 Å². The lowest BCUT2D eigenvalue weighted by Crippen LogP contribution is -2.62. The summed E-state index contributed by atoms with van der Waals surface area (Å²) in [6, 6.07) is 5.20. The van der Waals surface area contributed by atoms with Crippen molar-refractivity contribution < 1.29 is 9.90 Å². The number of carbonyl (C=O) groups is 1. The number of carbonyl (C=O) groups excluding carboxylic acids is 1. The van der Waals surface area contributed by atoms with Crippen LogP contribution in [0.3, 0.4) is 0 Å². The fraction of sp³-hybridized carbons (Fsp3) is 0.417. The lowest BCUT2D eigenvalue weighted by molar-refractivity contribution is -0.124. The lowest BCUT2D eigenvalue weighted by Gasteiger charge is -2.51. The van der Waals surface area contributed by atoms with Crippen molar-refractivity contribution in [2.45, 2.75) is 24.8 Å². The van der Waals surface area contributed by atoms with Crippen LogP contribution in [-0.2, 0) is 4.79 Å². The summed E-state index contributed by atoms with van der Waals surface area (Å²) >= 11 is 0. The van der Waals surface area contributed by atoms with Crippen molar-refractivity contribution in [3.63, 3.8) is 0 Å². The van der Waals surface area contributed by atoms with Gasteiger partial charge in [-0.15, -0.1) is 0 Å². The Balaban J connectivity index is 2.15. The van der Waals surface area contributed by atoms with Gasteiger partial charge in [0, 0.05) is 7.05 Å². The molecular formula is C12H14N2O2. The molecule has 2 aliphatic rings. The number of phenols is 1. The van der Waals surface area contributed by atoms with Crippen molar-refractivity contribution in [1.82, 2.24) is 0 Å². The third kappa shape index (κ3) is 0.965. The number of rotatable bonds is 0. The van der Waals surface area contributed by atoms with Gasteiger partial charge in [0.25, 0.3) is 0 Å². The maximum Gasteiger partial charge on any atom is 0.250 e. The average molecular weight is 218 g/mol. The van der Waals surface area contributed by atoms with Crippen LogP contribution >= 0.6 is 0 Å². The summed E-state index contributed by atoms with van der Waals surface area (Å²) in [5, 5.41) is 12.8. The van der Waals surface area contributed by atoms with Gasteiger partial charge in [0.05, 0.1) is 5.69 Å². The Hall–Kier alpha value is -1.71. The minimum absolute atomic E-state index is 0.0550. The molecule has 2 N–H and O–H groups in total. The number of para-hydroxylation sites is 1. The van der Waals surface area contributed by atoms with Crippen LogP contribution in [0.1, 0.15) is 19.3 Å². The molecule has 1 heterocycles. The molecule has 3 rings (SSSR count). The summed E-state index contributed by atoms with van der Waals surface area (Å²) in [5.74, 6) is 0.283. The number of benzene rings is 1. The zero-order valence-corrected chi connectivity index (χ0v) is 9.16. The normalized spacial score (nSPS) is 21.3. The van der Waals surface area contributed by atoms with E-state index in [0.29, 0.717) is 5.69 Å². The van der Waals surface area contributed by atoms with Gasteiger partial charge < -0.3 is 15.3 Å². The van der Waals surface area contributed by atoms with Crippen LogP contribution in [-0.4, -0.2) is 23.6 Å². The first-order valence-electron chi connectivity index (χ1n) is 5.52. The zero-order chi connectivity index (χ0) is 11.3. The molecule has 1 amide bonds. The summed E-state index contributed by atoms with van der Waals surface area (Å²) in [7, 11) is 1.89. The van der Waals surface area contributed by atoms with Crippen LogP contribution in [0, 0.1) is 0 Å². The first-order chi connectivity index (χ1) is 7.65. The van der Waals surface area contributed by atoms with Gasteiger partial charge >= 0.3 is 0 Å². The Morgan fingerprint density at radius 2 is 2.19 bits per heavy atom. The topological polar surface area (TPSA) is 52.6 Å². The van der Waals surface area contributed by atoms with E-state index in [1.165, 1.54) is 0 Å². The van der Waals surface area contributed by atoms with Crippen LogP contribution in [0.25, 0.3) is 0 Å². The monoisotopic (exact) mass is 218 g/mol. The van der Waals surface area contributed by atoms with Gasteiger partial charge in [-0.05, 0) is 31.4 Å². The number of aromatic hydroxyl groups is 1. The van der Waals surface area contributed by atoms with E-state index in [0.717, 1.165) is 24.9 Å². The largest absolute Gasteiger partial charge is 0.506 e. The molecule has 1 aliphatic heterocycles. The van der Waals surface area contributed by atoms with Gasteiger partial charge in [0.2, 0.25) is 5.91 Å². The quantitative estimate of drug-likeness (QED) is 0.697. The first kappa shape index (κ1) is 9.51. The number of phenolic OH excluding ortho intramolecular Hbond substituents is 1. The summed E-state index contributed by atoms with van der Waals surface area (Å²) in [6.45, 7) is 0. The van der Waals surface area contributed by atoms with Gasteiger partial charge in [-0.3, -0.25) is 4.79 Å². The number of hydrogen-bond donors (Lipinski definition) is 2. The van der Waals surface area contributed by atoms with Crippen molar-refractivity contribution in [1.29, 1.82) is 0 Å². The second-order valence-corrected chi connectivity index (χ2v) is 4.57. The second-order valence-electron chi connectivity index (χ2n) is 4.57. The SMILES string of the molecule is CN1c2c(O)cccc2NC(=O)C12CCC2. The van der Waals surface area contributed by atoms with Crippen LogP contribution in [0.5, 0.6) is 5.75 Å². The molecule has 1 fully saturated rings. The van der Waals surface area contributed by atoms with E-state index in [-0.39, 0.29) is 11.7 Å². The molecule has 0 saturated heterocycles. The minimum atomic E-state index is -0.425. The van der Waals surface area contributed by atoms with Crippen molar-refractivity contribution in [3.8, 4) is 5.75 Å². The summed E-state index contributed by atoms with van der Waals surface area (Å²) in [5.41, 5.74) is 1.01. The smallest absolute Gasteiger partial charge is 0.250 e. The maximum absolute atomic E-state index is 12.0. The highest BCUT2D eigenvalue weighted by molar-refractivity contribution is 6.08. The van der Waals surface area contributed by atoms with E-state index in [1.807, 2.05) is 18.0 Å². The average Bonchev–Trinajstić information content (AvgIpc) is 2.14. The molecule has 1 aliphatic carbocycles. The fourth-order valence-electron chi connectivity index (χ4n) is 2.66. The molecule has 1 aromatic rings. The van der Waals surface area contributed by atoms with Gasteiger partial charge in [0.15, 0.2) is 0 Å². The summed E-state index contributed by atoms with van der Waals surface area (Å²) in [6.07, 6.45) is 2.80. The standard InChI is InChI=1S/C12H14N2O2/c1-14-10-8(4-2-5-9(10)15)13-11(16)12(14)6-3-7-12/h2,4-5,15H,3,6-7H2,1H3,(H,13,16). The Morgan fingerprint density at radius 3 is 2.81 bits per heavy atom. The molecule has 84 valence electrons. The fourth-order valence-corrected chi connectivity index (χ4v) is 2.66. The molecule has 1 aromatic carbocycles. The van der Waals surface area contributed by atoms with Gasteiger partial charge in [0.1, 0.15) is 17.0 Å². The van der Waals surface area contributed by atoms with Crippen LogP contribution in [0.4, 0.5) is 11.4 Å². The Morgan fingerprint density at radius 1 is 1.44 bits per heavy atom. The third-order valence-corrected chi connectivity index (χ3v) is 3.84. The molecule has 0 radical (unpaired) electrons. The van der Waals surface area contributed by atoms with E-state index in [2.05, 4.69) is 5.32 Å². The van der Waals surface area contributed by atoms with E-state index >= 15 is 0 Å². The predicted molar refractivity (Wildman–Crippen MR) is 61.7 cm³/mol. The number of fused-ring (bicyclic) bond motifs is 1. The maximum atomic E-state index is 12.0. The Bertz CT molecular complexity index is 466. The predicted octanol–water partition coefficient (Wildman–Crippen LogP) is 1.70. The molecule has 0 atom stereocenters. The number of nitrogens with zero attached hydrogens (tertiary/aromatic N) is 1. The molecule has 16 heavy (non-hydrogen) atoms. The van der Waals surface area contributed by atoms with E-state index in [9.17, 15) is 9.90 Å². The van der Waals surface area contributed by atoms with Crippen molar-refractivity contribution in [3.05, 3.63) is 18.2 Å². The molecule has 4 nitrogen and oxygen atoms in total. The minimum Gasteiger partial charge on any atom is -0.506 e. The molecule has 0 aromatic heterocycles. The number of anilines is 2. The Kier molecular flexibility index (Phi) is 1.73. The lowest BCUT2D eigenvalue weighted by atomic mass is 9.73.